The van der Waals surface area contributed by atoms with Gasteiger partial charge in [-0.25, -0.2) is 0 Å². The van der Waals surface area contributed by atoms with Gasteiger partial charge in [-0.05, 0) is 13.3 Å². The van der Waals surface area contributed by atoms with Crippen molar-refractivity contribution in [1.82, 2.24) is 15.5 Å². The Balaban J connectivity index is 1.92. The van der Waals surface area contributed by atoms with Gasteiger partial charge in [-0.3, -0.25) is 0 Å². The molecule has 1 aromatic heterocycles. The van der Waals surface area contributed by atoms with E-state index < -0.39 is 0 Å². The first-order chi connectivity index (χ1) is 8.33. The number of rotatable bonds is 10. The molecular weight excluding hydrogens is 214 g/mol. The maximum atomic E-state index is 4.69. The molecule has 0 bridgehead atoms. The van der Waals surface area contributed by atoms with Crippen LogP contribution in [-0.4, -0.2) is 22.7 Å². The Hall–Kier alpha value is -0.900. The summed E-state index contributed by atoms with van der Waals surface area (Å²) in [7, 11) is 0. The van der Waals surface area contributed by atoms with Gasteiger partial charge in [-0.15, -0.1) is 0 Å². The summed E-state index contributed by atoms with van der Waals surface area (Å²) in [5.41, 5.74) is 0. The third kappa shape index (κ3) is 7.10. The summed E-state index contributed by atoms with van der Waals surface area (Å²) in [4.78, 5) is 3.99. The lowest BCUT2D eigenvalue weighted by molar-refractivity contribution is 0.407. The van der Waals surface area contributed by atoms with Crippen LogP contribution in [0.5, 0.6) is 0 Å². The average Bonchev–Trinajstić information content (AvgIpc) is 2.82. The van der Waals surface area contributed by atoms with Crippen LogP contribution in [0.15, 0.2) is 10.9 Å². The molecule has 1 N–H and O–H groups in total. The molecule has 17 heavy (non-hydrogen) atoms. The fourth-order valence-corrected chi connectivity index (χ4v) is 1.89. The summed E-state index contributed by atoms with van der Waals surface area (Å²) in [6, 6.07) is 0.587. The van der Waals surface area contributed by atoms with Crippen molar-refractivity contribution in [3.05, 3.63) is 12.2 Å². The van der Waals surface area contributed by atoms with E-state index in [0.717, 1.165) is 18.8 Å². The second kappa shape index (κ2) is 9.16. The molecule has 4 heteroatoms. The molecule has 98 valence electrons. The number of hydrogen-bond donors (Lipinski definition) is 1. The predicted molar refractivity (Wildman–Crippen MR) is 68.8 cm³/mol. The Bertz CT molecular complexity index is 262. The van der Waals surface area contributed by atoms with Gasteiger partial charge in [0, 0.05) is 19.0 Å². The van der Waals surface area contributed by atoms with E-state index in [9.17, 15) is 0 Å². The molecule has 1 rings (SSSR count). The number of hydrogen-bond acceptors (Lipinski definition) is 4. The van der Waals surface area contributed by atoms with Crippen LogP contribution in [0, 0.1) is 0 Å². The van der Waals surface area contributed by atoms with E-state index in [1.165, 1.54) is 44.9 Å². The average molecular weight is 239 g/mol. The molecule has 0 aliphatic heterocycles. The normalized spacial score (nSPS) is 12.8. The van der Waals surface area contributed by atoms with Crippen LogP contribution < -0.4 is 5.32 Å². The summed E-state index contributed by atoms with van der Waals surface area (Å²) in [6.07, 6.45) is 10.3. The van der Waals surface area contributed by atoms with E-state index in [4.69, 9.17) is 0 Å². The van der Waals surface area contributed by atoms with E-state index in [-0.39, 0.29) is 0 Å². The quantitative estimate of drug-likeness (QED) is 0.638. The van der Waals surface area contributed by atoms with Crippen LogP contribution in [0.4, 0.5) is 0 Å². The molecule has 0 saturated carbocycles. The van der Waals surface area contributed by atoms with Crippen molar-refractivity contribution in [3.8, 4) is 0 Å². The SMILES string of the molecule is CCCCCCCC(C)NCCc1ncon1. The number of nitrogens with one attached hydrogen (secondary N) is 1. The van der Waals surface area contributed by atoms with Crippen molar-refractivity contribution >= 4 is 0 Å². The topological polar surface area (TPSA) is 51.0 Å². The fraction of sp³-hybridized carbons (Fsp3) is 0.846. The van der Waals surface area contributed by atoms with E-state index >= 15 is 0 Å². The molecule has 1 heterocycles. The minimum atomic E-state index is 0.587. The maximum Gasteiger partial charge on any atom is 0.213 e. The van der Waals surface area contributed by atoms with Crippen molar-refractivity contribution in [1.29, 1.82) is 0 Å². The lowest BCUT2D eigenvalue weighted by Crippen LogP contribution is -2.28. The maximum absolute atomic E-state index is 4.69. The van der Waals surface area contributed by atoms with E-state index in [2.05, 4.69) is 33.8 Å². The van der Waals surface area contributed by atoms with Crippen molar-refractivity contribution in [2.24, 2.45) is 0 Å². The first kappa shape index (κ1) is 14.2. The zero-order chi connectivity index (χ0) is 12.3. The van der Waals surface area contributed by atoms with Gasteiger partial charge in [-0.1, -0.05) is 44.2 Å². The van der Waals surface area contributed by atoms with Gasteiger partial charge in [0.05, 0.1) is 0 Å². The van der Waals surface area contributed by atoms with Gasteiger partial charge in [0.25, 0.3) is 0 Å². The Morgan fingerprint density at radius 2 is 2.12 bits per heavy atom. The van der Waals surface area contributed by atoms with Crippen molar-refractivity contribution < 1.29 is 4.52 Å². The highest BCUT2D eigenvalue weighted by Crippen LogP contribution is 2.06. The Morgan fingerprint density at radius 3 is 2.82 bits per heavy atom. The molecule has 1 unspecified atom stereocenters. The Labute approximate surface area is 104 Å². The van der Waals surface area contributed by atoms with Crippen LogP contribution in [0.3, 0.4) is 0 Å². The molecule has 4 nitrogen and oxygen atoms in total. The molecule has 0 aromatic carbocycles. The first-order valence-electron chi connectivity index (χ1n) is 6.81. The van der Waals surface area contributed by atoms with Crippen LogP contribution in [0.2, 0.25) is 0 Å². The molecule has 1 atom stereocenters. The molecule has 0 fully saturated rings. The van der Waals surface area contributed by atoms with Crippen molar-refractivity contribution in [2.75, 3.05) is 6.54 Å². The lowest BCUT2D eigenvalue weighted by Gasteiger charge is -2.12. The summed E-state index contributed by atoms with van der Waals surface area (Å²) in [5, 5.41) is 7.27. The summed E-state index contributed by atoms with van der Waals surface area (Å²) >= 11 is 0. The number of aromatic nitrogens is 2. The second-order valence-corrected chi connectivity index (χ2v) is 4.66. The monoisotopic (exact) mass is 239 g/mol. The van der Waals surface area contributed by atoms with Gasteiger partial charge in [0.1, 0.15) is 0 Å². The van der Waals surface area contributed by atoms with Crippen LogP contribution >= 0.6 is 0 Å². The number of unbranched alkanes of at least 4 members (excludes halogenated alkanes) is 4. The highest BCUT2D eigenvalue weighted by molar-refractivity contribution is 4.79. The minimum absolute atomic E-state index is 0.587. The summed E-state index contributed by atoms with van der Waals surface area (Å²) < 4.78 is 4.69. The highest BCUT2D eigenvalue weighted by atomic mass is 16.5. The van der Waals surface area contributed by atoms with Crippen LogP contribution in [0.25, 0.3) is 0 Å². The van der Waals surface area contributed by atoms with E-state index in [1.54, 1.807) is 0 Å². The van der Waals surface area contributed by atoms with Crippen molar-refractivity contribution in [2.45, 2.75) is 64.8 Å². The van der Waals surface area contributed by atoms with E-state index in [0.29, 0.717) is 6.04 Å². The summed E-state index contributed by atoms with van der Waals surface area (Å²) in [5.74, 6) is 0.785. The van der Waals surface area contributed by atoms with E-state index in [1.807, 2.05) is 0 Å². The third-order valence-electron chi connectivity index (χ3n) is 2.99. The zero-order valence-electron chi connectivity index (χ0n) is 11.1. The molecule has 0 aliphatic carbocycles. The van der Waals surface area contributed by atoms with Gasteiger partial charge in [0.2, 0.25) is 6.39 Å². The summed E-state index contributed by atoms with van der Waals surface area (Å²) in [6.45, 7) is 5.42. The molecular formula is C13H25N3O. The molecule has 0 saturated heterocycles. The minimum Gasteiger partial charge on any atom is -0.343 e. The largest absolute Gasteiger partial charge is 0.343 e. The van der Waals surface area contributed by atoms with Gasteiger partial charge in [0.15, 0.2) is 5.82 Å². The lowest BCUT2D eigenvalue weighted by atomic mass is 10.1. The molecule has 1 aromatic rings. The van der Waals surface area contributed by atoms with Gasteiger partial charge >= 0.3 is 0 Å². The van der Waals surface area contributed by atoms with Crippen LogP contribution in [0.1, 0.15) is 58.2 Å². The fourth-order valence-electron chi connectivity index (χ4n) is 1.89. The van der Waals surface area contributed by atoms with Gasteiger partial charge in [-0.2, -0.15) is 4.98 Å². The number of nitrogens with zero attached hydrogens (tertiary/aromatic N) is 2. The smallest absolute Gasteiger partial charge is 0.213 e. The van der Waals surface area contributed by atoms with Crippen molar-refractivity contribution in [3.63, 3.8) is 0 Å². The molecule has 0 spiro atoms. The Morgan fingerprint density at radius 1 is 1.29 bits per heavy atom. The van der Waals surface area contributed by atoms with Gasteiger partial charge < -0.3 is 9.84 Å². The third-order valence-corrected chi connectivity index (χ3v) is 2.99. The second-order valence-electron chi connectivity index (χ2n) is 4.66. The molecule has 0 aliphatic rings. The zero-order valence-corrected chi connectivity index (χ0v) is 11.1. The highest BCUT2D eigenvalue weighted by Gasteiger charge is 2.02. The standard InChI is InChI=1S/C13H25N3O/c1-3-4-5-6-7-8-12(2)14-10-9-13-15-11-17-16-13/h11-12,14H,3-10H2,1-2H3. The first-order valence-corrected chi connectivity index (χ1v) is 6.81. The Kier molecular flexibility index (Phi) is 7.63. The predicted octanol–water partition coefficient (Wildman–Crippen LogP) is 2.95. The van der Waals surface area contributed by atoms with Crippen LogP contribution in [-0.2, 0) is 6.42 Å². The molecule has 0 radical (unpaired) electrons. The molecule has 0 amide bonds.